The van der Waals surface area contributed by atoms with Crippen LogP contribution in [0.3, 0.4) is 0 Å². The van der Waals surface area contributed by atoms with E-state index in [0.717, 1.165) is 35.3 Å². The van der Waals surface area contributed by atoms with Crippen LogP contribution in [0, 0.1) is 13.8 Å². The first-order valence-corrected chi connectivity index (χ1v) is 9.66. The van der Waals surface area contributed by atoms with Gasteiger partial charge in [-0.25, -0.2) is 0 Å². The molecule has 126 valence electrons. The molecule has 1 aromatic heterocycles. The first-order chi connectivity index (χ1) is 11.6. The Labute approximate surface area is 147 Å². The minimum Gasteiger partial charge on any atom is -0.321 e. The Kier molecular flexibility index (Phi) is 4.19. The van der Waals surface area contributed by atoms with Gasteiger partial charge in [-0.1, -0.05) is 30.5 Å². The van der Waals surface area contributed by atoms with Gasteiger partial charge in [-0.05, 0) is 49.9 Å². The molecule has 0 bridgehead atoms. The summed E-state index contributed by atoms with van der Waals surface area (Å²) in [5.41, 5.74) is 4.59. The van der Waals surface area contributed by atoms with E-state index in [1.165, 1.54) is 41.7 Å². The average Bonchev–Trinajstić information content (AvgIpc) is 3.23. The van der Waals surface area contributed by atoms with E-state index in [-0.39, 0.29) is 5.91 Å². The first-order valence-electron chi connectivity index (χ1n) is 8.84. The number of benzene rings is 1. The molecule has 1 aliphatic heterocycles. The molecule has 4 heteroatoms. The molecular formula is C20H24N2OS. The lowest BCUT2D eigenvalue weighted by Gasteiger charge is -2.22. The Balaban J connectivity index is 1.45. The molecule has 4 rings (SSSR count). The van der Waals surface area contributed by atoms with Crippen LogP contribution < -0.4 is 5.32 Å². The summed E-state index contributed by atoms with van der Waals surface area (Å²) in [7, 11) is 0. The van der Waals surface area contributed by atoms with Crippen LogP contribution >= 0.6 is 11.3 Å². The molecule has 1 aromatic carbocycles. The van der Waals surface area contributed by atoms with Crippen molar-refractivity contribution in [2.45, 2.75) is 58.7 Å². The molecule has 1 amide bonds. The van der Waals surface area contributed by atoms with Crippen LogP contribution in [0.5, 0.6) is 0 Å². The van der Waals surface area contributed by atoms with Crippen LogP contribution in [0.15, 0.2) is 24.3 Å². The van der Waals surface area contributed by atoms with E-state index < -0.39 is 0 Å². The van der Waals surface area contributed by atoms with E-state index in [1.807, 2.05) is 19.1 Å². The molecule has 1 fully saturated rings. The van der Waals surface area contributed by atoms with Crippen LogP contribution in [-0.4, -0.2) is 16.8 Å². The summed E-state index contributed by atoms with van der Waals surface area (Å²) in [5, 5.41) is 3.07. The van der Waals surface area contributed by atoms with Crippen molar-refractivity contribution in [1.29, 1.82) is 0 Å². The fraction of sp³-hybridized carbons (Fsp3) is 0.450. The Bertz CT molecular complexity index is 750. The largest absolute Gasteiger partial charge is 0.321 e. The highest BCUT2D eigenvalue weighted by molar-refractivity contribution is 7.14. The molecule has 0 radical (unpaired) electrons. The third-order valence-corrected chi connectivity index (χ3v) is 6.47. The van der Waals surface area contributed by atoms with E-state index in [9.17, 15) is 4.79 Å². The maximum absolute atomic E-state index is 12.6. The zero-order chi connectivity index (χ0) is 16.7. The molecule has 0 unspecified atom stereocenters. The average molecular weight is 340 g/mol. The number of hydrogen-bond acceptors (Lipinski definition) is 3. The smallest absolute Gasteiger partial charge is 0.265 e. The highest BCUT2D eigenvalue weighted by Gasteiger charge is 2.30. The number of amides is 1. The number of rotatable bonds is 3. The summed E-state index contributed by atoms with van der Waals surface area (Å²) in [4.78, 5) is 17.4. The van der Waals surface area contributed by atoms with Crippen LogP contribution in [0.1, 0.15) is 56.9 Å². The molecule has 1 aliphatic carbocycles. The number of nitrogens with zero attached hydrogens (tertiary/aromatic N) is 1. The normalized spacial score (nSPS) is 18.1. The van der Waals surface area contributed by atoms with Gasteiger partial charge in [0, 0.05) is 29.7 Å². The number of nitrogens with one attached hydrogen (secondary N) is 1. The van der Waals surface area contributed by atoms with Crippen molar-refractivity contribution >= 4 is 22.9 Å². The van der Waals surface area contributed by atoms with Gasteiger partial charge in [0.05, 0.1) is 4.88 Å². The highest BCUT2D eigenvalue weighted by Crippen LogP contribution is 2.36. The van der Waals surface area contributed by atoms with E-state index in [2.05, 4.69) is 29.3 Å². The lowest BCUT2D eigenvalue weighted by molar-refractivity contribution is 0.103. The maximum Gasteiger partial charge on any atom is 0.265 e. The van der Waals surface area contributed by atoms with Crippen LogP contribution in [0.2, 0.25) is 0 Å². The molecule has 2 aliphatic rings. The highest BCUT2D eigenvalue weighted by atomic mass is 32.1. The molecule has 1 N–H and O–H groups in total. The number of anilines is 1. The van der Waals surface area contributed by atoms with Gasteiger partial charge in [0.1, 0.15) is 0 Å². The lowest BCUT2D eigenvalue weighted by atomic mass is 10.1. The zero-order valence-corrected chi connectivity index (χ0v) is 15.2. The minimum atomic E-state index is 0.0220. The zero-order valence-electron chi connectivity index (χ0n) is 14.4. The number of carbonyl (C=O) groups is 1. The summed E-state index contributed by atoms with van der Waals surface area (Å²) >= 11 is 1.67. The number of hydrogen-bond donors (Lipinski definition) is 1. The molecule has 0 spiro atoms. The molecule has 0 saturated heterocycles. The number of fused-ring (bicyclic) bond motifs is 1. The van der Waals surface area contributed by atoms with E-state index in [0.29, 0.717) is 0 Å². The summed E-state index contributed by atoms with van der Waals surface area (Å²) in [6.45, 7) is 6.16. The fourth-order valence-electron chi connectivity index (χ4n) is 3.97. The van der Waals surface area contributed by atoms with Crippen molar-refractivity contribution < 1.29 is 4.79 Å². The first kappa shape index (κ1) is 15.9. The Morgan fingerprint density at radius 1 is 1.17 bits per heavy atom. The second-order valence-corrected chi connectivity index (χ2v) is 8.31. The molecule has 0 atom stereocenters. The van der Waals surface area contributed by atoms with Gasteiger partial charge < -0.3 is 5.32 Å². The van der Waals surface area contributed by atoms with Gasteiger partial charge in [0.2, 0.25) is 0 Å². The second-order valence-electron chi connectivity index (χ2n) is 7.17. The number of thiophene rings is 1. The van der Waals surface area contributed by atoms with Crippen LogP contribution in [-0.2, 0) is 13.1 Å². The minimum absolute atomic E-state index is 0.0220. The number of carbonyl (C=O) groups excluding carboxylic acids is 1. The van der Waals surface area contributed by atoms with Gasteiger partial charge >= 0.3 is 0 Å². The van der Waals surface area contributed by atoms with Crippen molar-refractivity contribution in [1.82, 2.24) is 4.90 Å². The van der Waals surface area contributed by atoms with Crippen molar-refractivity contribution in [3.05, 3.63) is 50.7 Å². The third-order valence-electron chi connectivity index (χ3n) is 5.31. The van der Waals surface area contributed by atoms with Crippen molar-refractivity contribution in [3.63, 3.8) is 0 Å². The standard InChI is InChI=1S/C20H24N2OS/c1-13-7-8-17(14(2)9-13)21-20(23)18-10-15-11-22(12-19(15)24-18)16-5-3-4-6-16/h7-10,16H,3-6,11-12H2,1-2H3,(H,21,23). The maximum atomic E-state index is 12.6. The summed E-state index contributed by atoms with van der Waals surface area (Å²) in [6.07, 6.45) is 5.43. The second kappa shape index (κ2) is 6.34. The Morgan fingerprint density at radius 2 is 1.96 bits per heavy atom. The molecule has 1 saturated carbocycles. The fourth-order valence-corrected chi connectivity index (χ4v) is 5.07. The topological polar surface area (TPSA) is 32.3 Å². The molecular weight excluding hydrogens is 316 g/mol. The van der Waals surface area contributed by atoms with Gasteiger partial charge in [0.25, 0.3) is 5.91 Å². The van der Waals surface area contributed by atoms with E-state index >= 15 is 0 Å². The predicted molar refractivity (Wildman–Crippen MR) is 99.7 cm³/mol. The van der Waals surface area contributed by atoms with Crippen molar-refractivity contribution in [2.75, 3.05) is 5.32 Å². The van der Waals surface area contributed by atoms with Gasteiger partial charge in [-0.2, -0.15) is 0 Å². The van der Waals surface area contributed by atoms with Crippen LogP contribution in [0.4, 0.5) is 5.69 Å². The van der Waals surface area contributed by atoms with E-state index in [4.69, 9.17) is 0 Å². The van der Waals surface area contributed by atoms with Crippen molar-refractivity contribution in [2.24, 2.45) is 0 Å². The Morgan fingerprint density at radius 3 is 2.67 bits per heavy atom. The van der Waals surface area contributed by atoms with Crippen molar-refractivity contribution in [3.8, 4) is 0 Å². The predicted octanol–water partition coefficient (Wildman–Crippen LogP) is 4.88. The van der Waals surface area contributed by atoms with Gasteiger partial charge in [0.15, 0.2) is 0 Å². The molecule has 24 heavy (non-hydrogen) atoms. The van der Waals surface area contributed by atoms with Gasteiger partial charge in [-0.3, -0.25) is 9.69 Å². The Hall–Kier alpha value is -1.65. The monoisotopic (exact) mass is 340 g/mol. The summed E-state index contributed by atoms with van der Waals surface area (Å²) in [5.74, 6) is 0.0220. The van der Waals surface area contributed by atoms with Gasteiger partial charge in [-0.15, -0.1) is 11.3 Å². The van der Waals surface area contributed by atoms with Crippen LogP contribution in [0.25, 0.3) is 0 Å². The molecule has 2 aromatic rings. The molecule has 3 nitrogen and oxygen atoms in total. The number of aryl methyl sites for hydroxylation is 2. The molecule has 2 heterocycles. The SMILES string of the molecule is Cc1ccc(NC(=O)c2cc3c(s2)CN(C2CCCC2)C3)c(C)c1. The lowest BCUT2D eigenvalue weighted by Crippen LogP contribution is -2.27. The quantitative estimate of drug-likeness (QED) is 0.864. The summed E-state index contributed by atoms with van der Waals surface area (Å²) in [6, 6.07) is 9.00. The third kappa shape index (κ3) is 3.01. The van der Waals surface area contributed by atoms with E-state index in [1.54, 1.807) is 11.3 Å². The summed E-state index contributed by atoms with van der Waals surface area (Å²) < 4.78 is 0.